The van der Waals surface area contributed by atoms with Crippen LogP contribution < -0.4 is 16.0 Å². The van der Waals surface area contributed by atoms with E-state index in [1.807, 2.05) is 26.0 Å². The Balaban J connectivity index is 1.44. The molecule has 3 amide bonds. The zero-order chi connectivity index (χ0) is 26.3. The number of rotatable bonds is 5. The molecule has 0 aromatic heterocycles. The zero-order valence-corrected chi connectivity index (χ0v) is 22.6. The average Bonchev–Trinajstić information content (AvgIpc) is 3.10. The molecule has 2 aliphatic heterocycles. The van der Waals surface area contributed by atoms with Crippen LogP contribution in [0.25, 0.3) is 0 Å². The van der Waals surface area contributed by atoms with Crippen LogP contribution in [0.15, 0.2) is 24.3 Å². The van der Waals surface area contributed by atoms with Gasteiger partial charge in [-0.05, 0) is 62.6 Å². The van der Waals surface area contributed by atoms with Crippen LogP contribution >= 0.6 is 0 Å². The first-order valence-corrected chi connectivity index (χ1v) is 14.0. The Morgan fingerprint density at radius 2 is 1.84 bits per heavy atom. The molecule has 0 radical (unpaired) electrons. The van der Waals surface area contributed by atoms with Crippen LogP contribution in [0.5, 0.6) is 0 Å². The minimum atomic E-state index is -0.696. The quantitative estimate of drug-likeness (QED) is 0.566. The van der Waals surface area contributed by atoms with Crippen molar-refractivity contribution in [1.29, 1.82) is 0 Å². The number of benzene rings is 1. The Hall–Kier alpha value is -2.45. The largest absolute Gasteiger partial charge is 0.355 e. The molecule has 7 atom stereocenters. The Morgan fingerprint density at radius 3 is 2.62 bits per heavy atom. The first-order chi connectivity index (χ1) is 17.7. The Morgan fingerprint density at radius 1 is 1.08 bits per heavy atom. The van der Waals surface area contributed by atoms with Gasteiger partial charge in [0.25, 0.3) is 0 Å². The first kappa shape index (κ1) is 26.2. The highest BCUT2D eigenvalue weighted by Crippen LogP contribution is 2.46. The SMILES string of the molecule is CN[C@@H](C)C(=O)N[C@@H]1C(=O)N2C(C(=O)NC3CCCc4ccccc43)C(C)(C)C[C@@H]2OC2CCCCC21. The monoisotopic (exact) mass is 510 g/mol. The third-order valence-electron chi connectivity index (χ3n) is 9.12. The maximum absolute atomic E-state index is 14.3. The molecule has 3 N–H and O–H groups in total. The molecule has 1 aromatic carbocycles. The second-order valence-electron chi connectivity index (χ2n) is 12.1. The Kier molecular flexibility index (Phi) is 7.33. The summed E-state index contributed by atoms with van der Waals surface area (Å²) in [6, 6.07) is 6.45. The minimum absolute atomic E-state index is 0.0649. The summed E-state index contributed by atoms with van der Waals surface area (Å²) >= 11 is 0. The summed E-state index contributed by atoms with van der Waals surface area (Å²) in [5, 5.41) is 9.32. The summed E-state index contributed by atoms with van der Waals surface area (Å²) in [7, 11) is 1.73. The summed E-state index contributed by atoms with van der Waals surface area (Å²) in [6.45, 7) is 5.88. The van der Waals surface area contributed by atoms with E-state index in [2.05, 4.69) is 28.1 Å². The van der Waals surface area contributed by atoms with Crippen molar-refractivity contribution in [3.63, 3.8) is 0 Å². The fourth-order valence-electron chi connectivity index (χ4n) is 7.02. The lowest BCUT2D eigenvalue weighted by atomic mass is 9.79. The molecule has 0 spiro atoms. The van der Waals surface area contributed by atoms with E-state index in [1.165, 1.54) is 11.1 Å². The summed E-state index contributed by atoms with van der Waals surface area (Å²) in [6.07, 6.45) is 6.69. The number of fused-ring (bicyclic) bond motifs is 3. The normalized spacial score (nSPS) is 33.4. The fourth-order valence-corrected chi connectivity index (χ4v) is 7.02. The van der Waals surface area contributed by atoms with Gasteiger partial charge < -0.3 is 25.6 Å². The topological polar surface area (TPSA) is 99.8 Å². The van der Waals surface area contributed by atoms with Gasteiger partial charge in [0.05, 0.1) is 18.2 Å². The van der Waals surface area contributed by atoms with Crippen LogP contribution in [-0.2, 0) is 25.5 Å². The number of carbonyl (C=O) groups excluding carboxylic acids is 3. The van der Waals surface area contributed by atoms with Gasteiger partial charge in [0.15, 0.2) is 0 Å². The number of hydrogen-bond acceptors (Lipinski definition) is 5. The van der Waals surface area contributed by atoms with E-state index in [0.29, 0.717) is 6.42 Å². The average molecular weight is 511 g/mol. The fraction of sp³-hybridized carbons (Fsp3) is 0.690. The van der Waals surface area contributed by atoms with E-state index in [1.54, 1.807) is 18.9 Å². The summed E-state index contributed by atoms with van der Waals surface area (Å²) in [4.78, 5) is 42.8. The van der Waals surface area contributed by atoms with E-state index in [9.17, 15) is 14.4 Å². The predicted octanol–water partition coefficient (Wildman–Crippen LogP) is 2.82. The van der Waals surface area contributed by atoms with Gasteiger partial charge in [-0.3, -0.25) is 14.4 Å². The molecule has 8 nitrogen and oxygen atoms in total. The van der Waals surface area contributed by atoms with Crippen molar-refractivity contribution in [1.82, 2.24) is 20.9 Å². The molecule has 0 bridgehead atoms. The molecular weight excluding hydrogens is 468 g/mol. The Labute approximate surface area is 220 Å². The lowest BCUT2D eigenvalue weighted by molar-refractivity contribution is -0.152. The molecule has 2 saturated heterocycles. The highest BCUT2D eigenvalue weighted by Gasteiger charge is 2.58. The number of carbonyl (C=O) groups is 3. The molecule has 8 heteroatoms. The molecule has 2 heterocycles. The first-order valence-electron chi connectivity index (χ1n) is 14.0. The minimum Gasteiger partial charge on any atom is -0.355 e. The Bertz CT molecular complexity index is 1040. The van der Waals surface area contributed by atoms with Gasteiger partial charge in [0.2, 0.25) is 17.7 Å². The van der Waals surface area contributed by atoms with Crippen molar-refractivity contribution >= 4 is 17.7 Å². The van der Waals surface area contributed by atoms with Crippen molar-refractivity contribution in [3.8, 4) is 0 Å². The predicted molar refractivity (Wildman–Crippen MR) is 140 cm³/mol. The standard InChI is InChI=1S/C29H42N4O4/c1-17(30-4)26(34)32-24-20-13-7-8-15-22(20)37-23-16-29(2,3)25(33(23)28(24)36)27(35)31-21-14-9-11-18-10-5-6-12-19(18)21/h5-6,10,12,17,20-25,30H,7-9,11,13-16H2,1-4H3,(H,31,35)(H,32,34)/t17-,20?,21?,22?,23-,24-,25?/m0/s1. The summed E-state index contributed by atoms with van der Waals surface area (Å²) in [5.41, 5.74) is 1.99. The van der Waals surface area contributed by atoms with Crippen LogP contribution in [0.2, 0.25) is 0 Å². The van der Waals surface area contributed by atoms with Crippen LogP contribution in [0.3, 0.4) is 0 Å². The third-order valence-corrected chi connectivity index (χ3v) is 9.12. The molecule has 202 valence electrons. The zero-order valence-electron chi connectivity index (χ0n) is 22.6. The number of likely N-dealkylation sites (N-methyl/N-ethyl adjacent to an activating group) is 1. The molecule has 1 saturated carbocycles. The molecule has 2 aliphatic carbocycles. The van der Waals surface area contributed by atoms with Gasteiger partial charge in [-0.2, -0.15) is 0 Å². The second-order valence-corrected chi connectivity index (χ2v) is 12.1. The lowest BCUT2D eigenvalue weighted by Gasteiger charge is -2.37. The number of amides is 3. The molecule has 37 heavy (non-hydrogen) atoms. The lowest BCUT2D eigenvalue weighted by Crippen LogP contribution is -2.60. The maximum Gasteiger partial charge on any atom is 0.248 e. The van der Waals surface area contributed by atoms with E-state index >= 15 is 0 Å². The third kappa shape index (κ3) is 4.90. The van der Waals surface area contributed by atoms with E-state index in [4.69, 9.17) is 4.74 Å². The second kappa shape index (κ2) is 10.4. The van der Waals surface area contributed by atoms with Gasteiger partial charge in [0, 0.05) is 12.3 Å². The van der Waals surface area contributed by atoms with Gasteiger partial charge in [-0.25, -0.2) is 0 Å². The summed E-state index contributed by atoms with van der Waals surface area (Å²) in [5.74, 6) is -0.616. The van der Waals surface area contributed by atoms with Gasteiger partial charge in [0.1, 0.15) is 18.3 Å². The van der Waals surface area contributed by atoms with Crippen LogP contribution in [0.1, 0.15) is 82.9 Å². The molecule has 3 fully saturated rings. The highest BCUT2D eigenvalue weighted by molar-refractivity contribution is 5.94. The molecule has 4 aliphatic rings. The van der Waals surface area contributed by atoms with Gasteiger partial charge >= 0.3 is 0 Å². The van der Waals surface area contributed by atoms with Crippen molar-refractivity contribution in [2.45, 2.75) is 109 Å². The number of nitrogens with zero attached hydrogens (tertiary/aromatic N) is 1. The van der Waals surface area contributed by atoms with Crippen LogP contribution in [-0.4, -0.2) is 60.1 Å². The smallest absolute Gasteiger partial charge is 0.248 e. The van der Waals surface area contributed by atoms with Gasteiger partial charge in [-0.15, -0.1) is 0 Å². The highest BCUT2D eigenvalue weighted by atomic mass is 16.5. The number of nitrogens with one attached hydrogen (secondary N) is 3. The molecular formula is C29H42N4O4. The number of hydrogen-bond donors (Lipinski definition) is 3. The van der Waals surface area contributed by atoms with Crippen molar-refractivity contribution in [3.05, 3.63) is 35.4 Å². The molecule has 5 rings (SSSR count). The van der Waals surface area contributed by atoms with E-state index in [-0.39, 0.29) is 35.8 Å². The van der Waals surface area contributed by atoms with Crippen LogP contribution in [0.4, 0.5) is 0 Å². The van der Waals surface area contributed by atoms with Crippen molar-refractivity contribution in [2.24, 2.45) is 11.3 Å². The van der Waals surface area contributed by atoms with Crippen molar-refractivity contribution in [2.75, 3.05) is 7.05 Å². The number of aryl methyl sites for hydroxylation is 1. The van der Waals surface area contributed by atoms with Gasteiger partial charge in [-0.1, -0.05) is 51.0 Å². The number of ether oxygens (including phenoxy) is 1. The molecule has 4 unspecified atom stereocenters. The van der Waals surface area contributed by atoms with E-state index < -0.39 is 29.8 Å². The van der Waals surface area contributed by atoms with Crippen LogP contribution in [0, 0.1) is 11.3 Å². The maximum atomic E-state index is 14.3. The van der Waals surface area contributed by atoms with E-state index in [0.717, 1.165) is 44.9 Å². The summed E-state index contributed by atoms with van der Waals surface area (Å²) < 4.78 is 6.63. The molecule has 1 aromatic rings. The van der Waals surface area contributed by atoms with Crippen molar-refractivity contribution < 1.29 is 19.1 Å².